The Morgan fingerprint density at radius 2 is 2.06 bits per heavy atom. The van der Waals surface area contributed by atoms with Gasteiger partial charge in [-0.1, -0.05) is 53.6 Å². The summed E-state index contributed by atoms with van der Waals surface area (Å²) in [6.45, 7) is 6.61. The molecule has 84 valence electrons. The molecule has 1 aromatic rings. The van der Waals surface area contributed by atoms with E-state index >= 15 is 0 Å². The highest BCUT2D eigenvalue weighted by Gasteiger charge is 2.08. The third-order valence-corrected chi connectivity index (χ3v) is 3.27. The first-order chi connectivity index (χ1) is 7.42. The Morgan fingerprint density at radius 1 is 1.38 bits per heavy atom. The largest absolute Gasteiger partial charge is 0.293 e. The molecule has 0 fully saturated rings. The van der Waals surface area contributed by atoms with Crippen LogP contribution in [0.15, 0.2) is 24.3 Å². The molecule has 0 aliphatic rings. The number of halogens is 1. The lowest BCUT2D eigenvalue weighted by Crippen LogP contribution is -2.16. The molecule has 0 unspecified atom stereocenters. The molecule has 1 aromatic carbocycles. The first-order valence-electron chi connectivity index (χ1n) is 5.15. The number of hydrogen-bond donors (Lipinski definition) is 0. The molecule has 0 heterocycles. The molecular formula is C13H15BrOSi. The van der Waals surface area contributed by atoms with Crippen molar-refractivity contribution in [3.63, 3.8) is 0 Å². The van der Waals surface area contributed by atoms with Crippen LogP contribution in [-0.4, -0.2) is 19.2 Å². The van der Waals surface area contributed by atoms with Crippen LogP contribution >= 0.6 is 15.9 Å². The summed E-state index contributed by atoms with van der Waals surface area (Å²) in [5.41, 5.74) is 4.93. The molecule has 0 spiro atoms. The van der Waals surface area contributed by atoms with E-state index in [9.17, 15) is 4.79 Å². The van der Waals surface area contributed by atoms with E-state index in [1.807, 2.05) is 24.3 Å². The van der Waals surface area contributed by atoms with E-state index in [4.69, 9.17) is 0 Å². The van der Waals surface area contributed by atoms with E-state index < -0.39 is 8.07 Å². The Labute approximate surface area is 106 Å². The molecule has 0 aromatic heterocycles. The van der Waals surface area contributed by atoms with Gasteiger partial charge in [0.2, 0.25) is 0 Å². The van der Waals surface area contributed by atoms with Crippen molar-refractivity contribution in [3.8, 4) is 11.5 Å². The van der Waals surface area contributed by atoms with E-state index in [1.165, 1.54) is 0 Å². The fourth-order valence-electron chi connectivity index (χ4n) is 1.11. The Balaban J connectivity index is 2.99. The van der Waals surface area contributed by atoms with E-state index in [-0.39, 0.29) is 5.78 Å². The molecule has 1 nitrogen and oxygen atoms in total. The van der Waals surface area contributed by atoms with Crippen LogP contribution in [0.1, 0.15) is 15.9 Å². The molecule has 0 radical (unpaired) electrons. The summed E-state index contributed by atoms with van der Waals surface area (Å²) in [5, 5.41) is 0.359. The highest BCUT2D eigenvalue weighted by Crippen LogP contribution is 2.07. The highest BCUT2D eigenvalue weighted by atomic mass is 79.9. The zero-order valence-corrected chi connectivity index (χ0v) is 12.4. The molecule has 0 N–H and O–H groups in total. The Bertz CT molecular complexity index is 449. The van der Waals surface area contributed by atoms with Gasteiger partial charge in [0.25, 0.3) is 0 Å². The molecule has 0 saturated heterocycles. The van der Waals surface area contributed by atoms with Crippen molar-refractivity contribution >= 4 is 29.8 Å². The molecule has 1 rings (SSSR count). The van der Waals surface area contributed by atoms with Crippen LogP contribution in [0.25, 0.3) is 0 Å². The second-order valence-corrected chi connectivity index (χ2v) is 9.95. The zero-order valence-electron chi connectivity index (χ0n) is 9.80. The third kappa shape index (κ3) is 4.34. The first kappa shape index (κ1) is 13.2. The Morgan fingerprint density at radius 3 is 2.62 bits per heavy atom. The molecular weight excluding hydrogens is 280 g/mol. The van der Waals surface area contributed by atoms with Gasteiger partial charge < -0.3 is 0 Å². The summed E-state index contributed by atoms with van der Waals surface area (Å²) >= 11 is 3.17. The van der Waals surface area contributed by atoms with E-state index in [2.05, 4.69) is 47.0 Å². The second-order valence-electron chi connectivity index (χ2n) is 4.64. The topological polar surface area (TPSA) is 17.1 Å². The fourth-order valence-corrected chi connectivity index (χ4v) is 1.95. The highest BCUT2D eigenvalue weighted by molar-refractivity contribution is 9.09. The maximum atomic E-state index is 11.5. The van der Waals surface area contributed by atoms with Gasteiger partial charge >= 0.3 is 0 Å². The van der Waals surface area contributed by atoms with Gasteiger partial charge in [-0.15, -0.1) is 5.54 Å². The van der Waals surface area contributed by atoms with Crippen molar-refractivity contribution in [2.75, 3.05) is 5.33 Å². The maximum Gasteiger partial charge on any atom is 0.173 e. The lowest BCUT2D eigenvalue weighted by molar-refractivity contribution is 0.102. The van der Waals surface area contributed by atoms with Crippen LogP contribution in [0.5, 0.6) is 0 Å². The summed E-state index contributed by atoms with van der Waals surface area (Å²) in [5.74, 6) is 3.24. The second kappa shape index (κ2) is 5.47. The van der Waals surface area contributed by atoms with Crippen molar-refractivity contribution in [2.45, 2.75) is 19.6 Å². The molecule has 0 amide bonds. The summed E-state index contributed by atoms with van der Waals surface area (Å²) in [4.78, 5) is 11.5. The lowest BCUT2D eigenvalue weighted by atomic mass is 10.1. The molecule has 0 bridgehead atoms. The van der Waals surface area contributed by atoms with Crippen LogP contribution in [0.4, 0.5) is 0 Å². The van der Waals surface area contributed by atoms with Crippen molar-refractivity contribution < 1.29 is 4.79 Å². The monoisotopic (exact) mass is 294 g/mol. The standard InChI is InChI=1S/C13H15BrOSi/c1-16(2,3)8-7-11-5-4-6-12(9-11)13(15)10-14/h4-6,9H,10H2,1-3H3. The predicted molar refractivity (Wildman–Crippen MR) is 74.8 cm³/mol. The zero-order chi connectivity index (χ0) is 12.2. The number of carbonyl (C=O) groups excluding carboxylic acids is 1. The number of carbonyl (C=O) groups is 1. The normalized spacial score (nSPS) is 10.5. The van der Waals surface area contributed by atoms with Gasteiger partial charge in [-0.3, -0.25) is 4.79 Å². The van der Waals surface area contributed by atoms with Crippen molar-refractivity contribution in [1.82, 2.24) is 0 Å². The van der Waals surface area contributed by atoms with Gasteiger partial charge in [-0.25, -0.2) is 0 Å². The SMILES string of the molecule is C[Si](C)(C)C#Cc1cccc(C(=O)CBr)c1. The molecule has 0 atom stereocenters. The van der Waals surface area contributed by atoms with Gasteiger partial charge in [0.1, 0.15) is 8.07 Å². The number of hydrogen-bond acceptors (Lipinski definition) is 1. The fraction of sp³-hybridized carbons (Fsp3) is 0.308. The summed E-state index contributed by atoms with van der Waals surface area (Å²) in [6, 6.07) is 7.50. The summed E-state index contributed by atoms with van der Waals surface area (Å²) in [7, 11) is -1.35. The molecule has 3 heteroatoms. The third-order valence-electron chi connectivity index (χ3n) is 1.89. The van der Waals surface area contributed by atoms with Crippen LogP contribution in [0, 0.1) is 11.5 Å². The number of Topliss-reactive ketones (excluding diaryl/α,β-unsaturated/α-hetero) is 1. The van der Waals surface area contributed by atoms with Crippen molar-refractivity contribution in [3.05, 3.63) is 35.4 Å². The average molecular weight is 295 g/mol. The van der Waals surface area contributed by atoms with Gasteiger partial charge in [0, 0.05) is 11.1 Å². The van der Waals surface area contributed by atoms with Crippen LogP contribution < -0.4 is 0 Å². The minimum Gasteiger partial charge on any atom is -0.293 e. The Kier molecular flexibility index (Phi) is 4.52. The van der Waals surface area contributed by atoms with Crippen molar-refractivity contribution in [2.24, 2.45) is 0 Å². The summed E-state index contributed by atoms with van der Waals surface area (Å²) < 4.78 is 0. The van der Waals surface area contributed by atoms with Gasteiger partial charge in [-0.05, 0) is 12.1 Å². The van der Waals surface area contributed by atoms with Gasteiger partial charge in [0.15, 0.2) is 5.78 Å². The Hall–Kier alpha value is -0.853. The number of rotatable bonds is 2. The van der Waals surface area contributed by atoms with Crippen molar-refractivity contribution in [1.29, 1.82) is 0 Å². The quantitative estimate of drug-likeness (QED) is 0.353. The van der Waals surface area contributed by atoms with Crippen LogP contribution in [0.3, 0.4) is 0 Å². The van der Waals surface area contributed by atoms with E-state index in [0.29, 0.717) is 5.33 Å². The predicted octanol–water partition coefficient (Wildman–Crippen LogP) is 3.49. The van der Waals surface area contributed by atoms with Crippen LogP contribution in [0.2, 0.25) is 19.6 Å². The number of ketones is 1. The molecule has 0 saturated carbocycles. The number of benzene rings is 1. The average Bonchev–Trinajstić information content (AvgIpc) is 2.25. The first-order valence-corrected chi connectivity index (χ1v) is 9.77. The van der Waals surface area contributed by atoms with Gasteiger partial charge in [0.05, 0.1) is 5.33 Å². The lowest BCUT2D eigenvalue weighted by Gasteiger charge is -2.03. The smallest absolute Gasteiger partial charge is 0.173 e. The minimum absolute atomic E-state index is 0.0941. The van der Waals surface area contributed by atoms with E-state index in [0.717, 1.165) is 11.1 Å². The number of alkyl halides is 1. The maximum absolute atomic E-state index is 11.5. The summed E-state index contributed by atoms with van der Waals surface area (Å²) in [6.07, 6.45) is 0. The molecule has 0 aliphatic carbocycles. The van der Waals surface area contributed by atoms with Gasteiger partial charge in [-0.2, -0.15) is 0 Å². The van der Waals surface area contributed by atoms with E-state index in [1.54, 1.807) is 0 Å². The molecule has 0 aliphatic heterocycles. The minimum atomic E-state index is -1.35. The van der Waals surface area contributed by atoms with Crippen LogP contribution in [-0.2, 0) is 0 Å². The molecule has 16 heavy (non-hydrogen) atoms.